The van der Waals surface area contributed by atoms with Crippen LogP contribution in [0.3, 0.4) is 0 Å². The van der Waals surface area contributed by atoms with Crippen LogP contribution in [0.25, 0.3) is 0 Å². The molecule has 8 heteroatoms. The maximum Gasteiger partial charge on any atom is 0.345 e. The molecule has 0 rings (SSSR count). The molecule has 0 unspecified atom stereocenters. The van der Waals surface area contributed by atoms with E-state index in [4.69, 9.17) is 18.5 Å². The predicted molar refractivity (Wildman–Crippen MR) is 91.0 cm³/mol. The molecule has 7 nitrogen and oxygen atoms in total. The molecule has 0 aromatic rings. The van der Waals surface area contributed by atoms with E-state index in [0.29, 0.717) is 12.8 Å². The number of esters is 2. The highest BCUT2D eigenvalue weighted by atomic mass is 31.2. The normalized spacial score (nSPS) is 12.7. The van der Waals surface area contributed by atoms with Gasteiger partial charge in [0.25, 0.3) is 0 Å². The molecule has 0 spiro atoms. The highest BCUT2D eigenvalue weighted by molar-refractivity contribution is 7.55. The van der Waals surface area contributed by atoms with E-state index in [1.165, 1.54) is 0 Å². The SMILES string of the molecule is CCCCOP(=O)(OCCCC)[C@@H](CC(=O)OCC)C(=O)OCC. The highest BCUT2D eigenvalue weighted by Crippen LogP contribution is 2.55. The number of hydrogen-bond donors (Lipinski definition) is 0. The average Bonchev–Trinajstić information content (AvgIpc) is 2.53. The molecule has 0 N–H and O–H groups in total. The number of ether oxygens (including phenoxy) is 2. The number of rotatable bonds is 14. The second-order valence-corrected chi connectivity index (χ2v) is 7.41. The maximum atomic E-state index is 13.2. The van der Waals surface area contributed by atoms with Gasteiger partial charge in [-0.15, -0.1) is 0 Å². The van der Waals surface area contributed by atoms with E-state index in [2.05, 4.69) is 0 Å². The van der Waals surface area contributed by atoms with E-state index in [-0.39, 0.29) is 32.8 Å². The number of unbranched alkanes of at least 4 members (excludes halogenated alkanes) is 2. The van der Waals surface area contributed by atoms with Crippen molar-refractivity contribution in [2.45, 2.75) is 65.5 Å². The summed E-state index contributed by atoms with van der Waals surface area (Å²) >= 11 is 0. The van der Waals surface area contributed by atoms with Gasteiger partial charge in [0.05, 0.1) is 32.8 Å². The van der Waals surface area contributed by atoms with Crippen LogP contribution in [0.2, 0.25) is 0 Å². The zero-order chi connectivity index (χ0) is 18.4. The molecule has 0 aromatic heterocycles. The minimum Gasteiger partial charge on any atom is -0.466 e. The first-order chi connectivity index (χ1) is 11.4. The van der Waals surface area contributed by atoms with Crippen LogP contribution < -0.4 is 0 Å². The fraction of sp³-hybridized carbons (Fsp3) is 0.875. The molecule has 0 saturated carbocycles. The smallest absolute Gasteiger partial charge is 0.345 e. The summed E-state index contributed by atoms with van der Waals surface area (Å²) in [5.41, 5.74) is -1.30. The van der Waals surface area contributed by atoms with Gasteiger partial charge in [-0.1, -0.05) is 26.7 Å². The third kappa shape index (κ3) is 8.81. The zero-order valence-corrected chi connectivity index (χ0v) is 16.1. The Kier molecular flexibility index (Phi) is 12.9. The summed E-state index contributed by atoms with van der Waals surface area (Å²) in [5.74, 6) is -1.39. The molecule has 0 radical (unpaired) electrons. The molecule has 0 aromatic carbocycles. The van der Waals surface area contributed by atoms with Crippen molar-refractivity contribution in [2.24, 2.45) is 0 Å². The van der Waals surface area contributed by atoms with Gasteiger partial charge in [-0.05, 0) is 26.7 Å². The van der Waals surface area contributed by atoms with Crippen LogP contribution in [0, 0.1) is 0 Å². The van der Waals surface area contributed by atoms with E-state index < -0.39 is 25.2 Å². The van der Waals surface area contributed by atoms with Gasteiger partial charge in [0.2, 0.25) is 0 Å². The van der Waals surface area contributed by atoms with E-state index in [1.54, 1.807) is 13.8 Å². The highest BCUT2D eigenvalue weighted by Gasteiger charge is 2.44. The van der Waals surface area contributed by atoms with Gasteiger partial charge in [-0.3, -0.25) is 14.2 Å². The Labute approximate surface area is 144 Å². The van der Waals surface area contributed by atoms with E-state index in [9.17, 15) is 14.2 Å². The lowest BCUT2D eigenvalue weighted by Crippen LogP contribution is -2.29. The Morgan fingerprint density at radius 1 is 0.875 bits per heavy atom. The lowest BCUT2D eigenvalue weighted by atomic mass is 10.3. The van der Waals surface area contributed by atoms with Crippen molar-refractivity contribution in [1.29, 1.82) is 0 Å². The first-order valence-electron chi connectivity index (χ1n) is 8.66. The minimum atomic E-state index is -3.83. The van der Waals surface area contributed by atoms with Gasteiger partial charge in [0.1, 0.15) is 0 Å². The fourth-order valence-corrected chi connectivity index (χ4v) is 3.74. The zero-order valence-electron chi connectivity index (χ0n) is 15.2. The summed E-state index contributed by atoms with van der Waals surface area (Å²) in [6, 6.07) is 0. The summed E-state index contributed by atoms with van der Waals surface area (Å²) in [7, 11) is -3.83. The molecule has 1 atom stereocenters. The molecule has 0 aliphatic rings. The summed E-state index contributed by atoms with van der Waals surface area (Å²) < 4.78 is 33.9. The third-order valence-corrected chi connectivity index (χ3v) is 5.39. The summed E-state index contributed by atoms with van der Waals surface area (Å²) in [6.07, 6.45) is 2.65. The first kappa shape index (κ1) is 23.1. The molecule has 142 valence electrons. The van der Waals surface area contributed by atoms with Crippen molar-refractivity contribution in [2.75, 3.05) is 26.4 Å². The quantitative estimate of drug-likeness (QED) is 0.263. The lowest BCUT2D eigenvalue weighted by Gasteiger charge is -2.25. The second kappa shape index (κ2) is 13.4. The Morgan fingerprint density at radius 2 is 1.38 bits per heavy atom. The molecule has 0 bridgehead atoms. The molecular formula is C16H31O7P. The monoisotopic (exact) mass is 366 g/mol. The first-order valence-corrected chi connectivity index (χ1v) is 10.3. The Hall–Kier alpha value is -0.910. The van der Waals surface area contributed by atoms with Crippen molar-refractivity contribution in [1.82, 2.24) is 0 Å². The van der Waals surface area contributed by atoms with E-state index in [0.717, 1.165) is 12.8 Å². The van der Waals surface area contributed by atoms with Crippen molar-refractivity contribution in [3.63, 3.8) is 0 Å². The van der Waals surface area contributed by atoms with Crippen LogP contribution in [-0.2, 0) is 32.7 Å². The van der Waals surface area contributed by atoms with Crippen molar-refractivity contribution < 1.29 is 32.7 Å². The Morgan fingerprint density at radius 3 is 1.79 bits per heavy atom. The van der Waals surface area contributed by atoms with Gasteiger partial charge in [-0.25, -0.2) is 0 Å². The molecular weight excluding hydrogens is 335 g/mol. The molecule has 0 aliphatic carbocycles. The molecule has 0 aliphatic heterocycles. The molecule has 24 heavy (non-hydrogen) atoms. The van der Waals surface area contributed by atoms with Crippen LogP contribution in [0.5, 0.6) is 0 Å². The topological polar surface area (TPSA) is 88.1 Å². The van der Waals surface area contributed by atoms with Crippen molar-refractivity contribution in [3.05, 3.63) is 0 Å². The molecule has 0 amide bonds. The second-order valence-electron chi connectivity index (χ2n) is 5.19. The van der Waals surface area contributed by atoms with Gasteiger partial charge >= 0.3 is 19.5 Å². The Balaban J connectivity index is 5.28. The van der Waals surface area contributed by atoms with Crippen LogP contribution in [0.1, 0.15) is 59.8 Å². The van der Waals surface area contributed by atoms with Crippen LogP contribution in [-0.4, -0.2) is 44.0 Å². The number of carbonyl (C=O) groups is 2. The lowest BCUT2D eigenvalue weighted by molar-refractivity contribution is -0.149. The number of carbonyl (C=O) groups excluding carboxylic acids is 2. The largest absolute Gasteiger partial charge is 0.466 e. The van der Waals surface area contributed by atoms with Gasteiger partial charge in [0.15, 0.2) is 5.66 Å². The van der Waals surface area contributed by atoms with E-state index >= 15 is 0 Å². The summed E-state index contributed by atoms with van der Waals surface area (Å²) in [5, 5.41) is 0. The summed E-state index contributed by atoms with van der Waals surface area (Å²) in [6.45, 7) is 7.90. The van der Waals surface area contributed by atoms with Gasteiger partial charge in [0, 0.05) is 0 Å². The van der Waals surface area contributed by atoms with Gasteiger partial charge < -0.3 is 18.5 Å². The predicted octanol–water partition coefficient (Wildman–Crippen LogP) is 3.70. The van der Waals surface area contributed by atoms with Crippen molar-refractivity contribution >= 4 is 19.5 Å². The average molecular weight is 366 g/mol. The van der Waals surface area contributed by atoms with Crippen LogP contribution >= 0.6 is 7.60 Å². The molecule has 0 fully saturated rings. The van der Waals surface area contributed by atoms with Crippen LogP contribution in [0.4, 0.5) is 0 Å². The maximum absolute atomic E-state index is 13.2. The standard InChI is InChI=1S/C16H31O7P/c1-5-9-11-22-24(19,23-12-10-6-2)14(16(18)21-8-4)13-15(17)20-7-3/h14H,5-13H2,1-4H3/t14-/m0/s1. The van der Waals surface area contributed by atoms with Crippen LogP contribution in [0.15, 0.2) is 0 Å². The van der Waals surface area contributed by atoms with Crippen molar-refractivity contribution in [3.8, 4) is 0 Å². The Bertz CT molecular complexity index is 397. The number of hydrogen-bond acceptors (Lipinski definition) is 7. The molecule has 0 heterocycles. The third-order valence-electron chi connectivity index (χ3n) is 3.14. The molecule has 0 saturated heterocycles. The van der Waals surface area contributed by atoms with Gasteiger partial charge in [-0.2, -0.15) is 0 Å². The summed E-state index contributed by atoms with van der Waals surface area (Å²) in [4.78, 5) is 24.0. The minimum absolute atomic E-state index is 0.113. The fourth-order valence-electron chi connectivity index (χ4n) is 1.83. The van der Waals surface area contributed by atoms with E-state index in [1.807, 2.05) is 13.8 Å².